The number of amides is 1. The van der Waals surface area contributed by atoms with Gasteiger partial charge in [-0.2, -0.15) is 0 Å². The number of morpholine rings is 1. The van der Waals surface area contributed by atoms with Crippen LogP contribution in [0, 0.1) is 5.92 Å². The maximum atomic E-state index is 11.8. The Morgan fingerprint density at radius 2 is 1.85 bits per heavy atom. The number of hydrogen-bond acceptors (Lipinski definition) is 4. The lowest BCUT2D eigenvalue weighted by Crippen LogP contribution is -2.50. The first-order chi connectivity index (χ1) is 9.83. The van der Waals surface area contributed by atoms with Crippen LogP contribution in [0.1, 0.15) is 25.7 Å². The monoisotopic (exact) mass is 281 g/mol. The van der Waals surface area contributed by atoms with Crippen LogP contribution in [0.15, 0.2) is 0 Å². The molecule has 3 fully saturated rings. The maximum absolute atomic E-state index is 11.8. The highest BCUT2D eigenvalue weighted by Crippen LogP contribution is 2.28. The van der Waals surface area contributed by atoms with Gasteiger partial charge in [-0.05, 0) is 31.6 Å². The summed E-state index contributed by atoms with van der Waals surface area (Å²) in [6.07, 6.45) is 5.15. The molecule has 5 heteroatoms. The second-order valence-corrected chi connectivity index (χ2v) is 6.34. The molecule has 2 saturated heterocycles. The van der Waals surface area contributed by atoms with Crippen LogP contribution in [0.4, 0.5) is 0 Å². The normalized spacial score (nSPS) is 33.4. The van der Waals surface area contributed by atoms with Crippen molar-refractivity contribution in [2.24, 2.45) is 5.92 Å². The van der Waals surface area contributed by atoms with Gasteiger partial charge in [0.2, 0.25) is 5.91 Å². The summed E-state index contributed by atoms with van der Waals surface area (Å²) in [5.41, 5.74) is 0. The summed E-state index contributed by atoms with van der Waals surface area (Å²) in [5.74, 6) is 1.00. The van der Waals surface area contributed by atoms with Crippen LogP contribution in [0.5, 0.6) is 0 Å². The highest BCUT2D eigenvalue weighted by atomic mass is 16.5. The quantitative estimate of drug-likeness (QED) is 0.809. The lowest BCUT2D eigenvalue weighted by Gasteiger charge is -2.40. The van der Waals surface area contributed by atoms with Crippen molar-refractivity contribution in [3.8, 4) is 0 Å². The molecule has 1 saturated carbocycles. The predicted octanol–water partition coefficient (Wildman–Crippen LogP) is 0.309. The fraction of sp³-hybridized carbons (Fsp3) is 0.933. The second-order valence-electron chi connectivity index (χ2n) is 6.34. The third kappa shape index (κ3) is 3.51. The average molecular weight is 281 g/mol. The molecule has 3 rings (SSSR count). The van der Waals surface area contributed by atoms with E-state index in [1.807, 2.05) is 0 Å². The van der Waals surface area contributed by atoms with E-state index in [4.69, 9.17) is 4.74 Å². The molecule has 0 unspecified atom stereocenters. The van der Waals surface area contributed by atoms with Gasteiger partial charge in [-0.3, -0.25) is 9.69 Å². The number of ether oxygens (including phenoxy) is 1. The van der Waals surface area contributed by atoms with Crippen molar-refractivity contribution in [2.75, 3.05) is 52.5 Å². The Bertz CT molecular complexity index is 323. The van der Waals surface area contributed by atoms with Crippen LogP contribution in [-0.2, 0) is 9.53 Å². The van der Waals surface area contributed by atoms with E-state index < -0.39 is 0 Å². The SMILES string of the molecule is O=C1CNCCN1CC1CCC(N2CCOCC2)CC1. The van der Waals surface area contributed by atoms with Crippen molar-refractivity contribution >= 4 is 5.91 Å². The molecule has 0 atom stereocenters. The van der Waals surface area contributed by atoms with Crippen molar-refractivity contribution in [1.29, 1.82) is 0 Å². The molecule has 0 aromatic rings. The van der Waals surface area contributed by atoms with E-state index in [-0.39, 0.29) is 5.91 Å². The molecule has 1 aliphatic carbocycles. The van der Waals surface area contributed by atoms with Crippen LogP contribution in [-0.4, -0.2) is 74.2 Å². The molecule has 1 N–H and O–H groups in total. The summed E-state index contributed by atoms with van der Waals surface area (Å²) in [6.45, 7) is 7.36. The Kier molecular flexibility index (Phi) is 4.91. The lowest BCUT2D eigenvalue weighted by atomic mass is 9.84. The molecule has 3 aliphatic rings. The van der Waals surface area contributed by atoms with Crippen molar-refractivity contribution in [3.63, 3.8) is 0 Å². The third-order valence-electron chi connectivity index (χ3n) is 5.04. The molecule has 0 aromatic heterocycles. The summed E-state index contributed by atoms with van der Waals surface area (Å²) in [6, 6.07) is 0.758. The summed E-state index contributed by atoms with van der Waals surface area (Å²) in [5, 5.41) is 3.14. The van der Waals surface area contributed by atoms with Crippen molar-refractivity contribution in [3.05, 3.63) is 0 Å². The van der Waals surface area contributed by atoms with Gasteiger partial charge in [0.25, 0.3) is 0 Å². The van der Waals surface area contributed by atoms with Crippen molar-refractivity contribution < 1.29 is 9.53 Å². The predicted molar refractivity (Wildman–Crippen MR) is 77.6 cm³/mol. The molecule has 0 bridgehead atoms. The summed E-state index contributed by atoms with van der Waals surface area (Å²) in [7, 11) is 0. The molecule has 0 spiro atoms. The van der Waals surface area contributed by atoms with E-state index in [2.05, 4.69) is 15.1 Å². The van der Waals surface area contributed by atoms with E-state index in [0.29, 0.717) is 12.5 Å². The first kappa shape index (κ1) is 14.3. The Morgan fingerprint density at radius 1 is 1.10 bits per heavy atom. The number of carbonyl (C=O) groups excluding carboxylic acids is 1. The number of hydrogen-bond donors (Lipinski definition) is 1. The van der Waals surface area contributed by atoms with Crippen LogP contribution >= 0.6 is 0 Å². The topological polar surface area (TPSA) is 44.8 Å². The molecule has 0 aromatic carbocycles. The van der Waals surface area contributed by atoms with Crippen LogP contribution in [0.25, 0.3) is 0 Å². The van der Waals surface area contributed by atoms with Gasteiger partial charge in [-0.1, -0.05) is 0 Å². The van der Waals surface area contributed by atoms with E-state index in [1.54, 1.807) is 0 Å². The van der Waals surface area contributed by atoms with Gasteiger partial charge in [0.1, 0.15) is 0 Å². The maximum Gasteiger partial charge on any atom is 0.236 e. The number of nitrogens with one attached hydrogen (secondary N) is 1. The van der Waals surface area contributed by atoms with Crippen LogP contribution < -0.4 is 5.32 Å². The standard InChI is InChI=1S/C15H27N3O2/c19-15-11-16-5-6-18(15)12-13-1-3-14(4-2-13)17-7-9-20-10-8-17/h13-14,16H,1-12H2. The summed E-state index contributed by atoms with van der Waals surface area (Å²) in [4.78, 5) is 16.5. The van der Waals surface area contributed by atoms with Gasteiger partial charge < -0.3 is 15.0 Å². The van der Waals surface area contributed by atoms with Crippen molar-refractivity contribution in [1.82, 2.24) is 15.1 Å². The summed E-state index contributed by atoms with van der Waals surface area (Å²) < 4.78 is 5.43. The minimum absolute atomic E-state index is 0.284. The lowest BCUT2D eigenvalue weighted by molar-refractivity contribution is -0.132. The van der Waals surface area contributed by atoms with Crippen LogP contribution in [0.2, 0.25) is 0 Å². The Morgan fingerprint density at radius 3 is 2.55 bits per heavy atom. The average Bonchev–Trinajstić information content (AvgIpc) is 2.51. The third-order valence-corrected chi connectivity index (χ3v) is 5.04. The zero-order chi connectivity index (χ0) is 13.8. The molecule has 0 radical (unpaired) electrons. The minimum atomic E-state index is 0.284. The van der Waals surface area contributed by atoms with Crippen LogP contribution in [0.3, 0.4) is 0 Å². The molecule has 114 valence electrons. The number of rotatable bonds is 3. The minimum Gasteiger partial charge on any atom is -0.379 e. The zero-order valence-electron chi connectivity index (χ0n) is 12.4. The largest absolute Gasteiger partial charge is 0.379 e. The molecule has 2 aliphatic heterocycles. The van der Waals surface area contributed by atoms with Gasteiger partial charge in [0.05, 0.1) is 19.8 Å². The Hall–Kier alpha value is -0.650. The second kappa shape index (κ2) is 6.87. The molecule has 5 nitrogen and oxygen atoms in total. The Labute approximate surface area is 121 Å². The molecular formula is C15H27N3O2. The van der Waals surface area contributed by atoms with Gasteiger partial charge in [-0.25, -0.2) is 0 Å². The van der Waals surface area contributed by atoms with E-state index in [9.17, 15) is 4.79 Å². The van der Waals surface area contributed by atoms with Gasteiger partial charge >= 0.3 is 0 Å². The molecule has 20 heavy (non-hydrogen) atoms. The highest BCUT2D eigenvalue weighted by molar-refractivity contribution is 5.78. The smallest absolute Gasteiger partial charge is 0.236 e. The summed E-state index contributed by atoms with van der Waals surface area (Å²) >= 11 is 0. The van der Waals surface area contributed by atoms with E-state index in [1.165, 1.54) is 25.7 Å². The number of piperazine rings is 1. The van der Waals surface area contributed by atoms with Gasteiger partial charge in [0, 0.05) is 38.8 Å². The molecule has 2 heterocycles. The zero-order valence-corrected chi connectivity index (χ0v) is 12.4. The van der Waals surface area contributed by atoms with E-state index >= 15 is 0 Å². The van der Waals surface area contributed by atoms with Gasteiger partial charge in [-0.15, -0.1) is 0 Å². The fourth-order valence-corrected chi connectivity index (χ4v) is 3.79. The molecular weight excluding hydrogens is 254 g/mol. The number of nitrogens with zero attached hydrogens (tertiary/aromatic N) is 2. The Balaban J connectivity index is 1.42. The number of carbonyl (C=O) groups is 1. The highest BCUT2D eigenvalue weighted by Gasteiger charge is 2.29. The van der Waals surface area contributed by atoms with Gasteiger partial charge in [0.15, 0.2) is 0 Å². The molecule has 1 amide bonds. The fourth-order valence-electron chi connectivity index (χ4n) is 3.79. The van der Waals surface area contributed by atoms with E-state index in [0.717, 1.165) is 52.0 Å². The van der Waals surface area contributed by atoms with Crippen molar-refractivity contribution in [2.45, 2.75) is 31.7 Å². The first-order valence-electron chi connectivity index (χ1n) is 8.13. The first-order valence-corrected chi connectivity index (χ1v) is 8.13.